The van der Waals surface area contributed by atoms with Gasteiger partial charge in [-0.2, -0.15) is 4.98 Å². The first kappa shape index (κ1) is 18.7. The summed E-state index contributed by atoms with van der Waals surface area (Å²) in [6.07, 6.45) is 0.744. The van der Waals surface area contributed by atoms with Crippen LogP contribution in [0.4, 0.5) is 10.2 Å². The van der Waals surface area contributed by atoms with E-state index in [1.54, 1.807) is 0 Å². The lowest BCUT2D eigenvalue weighted by Gasteiger charge is -2.27. The Morgan fingerprint density at radius 3 is 2.70 bits per heavy atom. The molecule has 7 heteroatoms. The standard InChI is InChI=1S/C23H23FN6/c24-17-7-5-14(6-8-17)9-16-12-27-13-19-21(16)22(26)29-23(28-19)30-18(11-25)10-15-3-1-2-4-20(15)30/h1-8,10,16,27H,9,11-13,25H2,(H2,26,28,29). The fourth-order valence-electron chi connectivity index (χ4n) is 4.35. The number of para-hydroxylation sites is 1. The molecule has 0 saturated heterocycles. The largest absolute Gasteiger partial charge is 0.383 e. The highest BCUT2D eigenvalue weighted by Crippen LogP contribution is 2.32. The Labute approximate surface area is 173 Å². The zero-order valence-corrected chi connectivity index (χ0v) is 16.5. The third kappa shape index (κ3) is 3.22. The molecule has 6 nitrogen and oxygen atoms in total. The van der Waals surface area contributed by atoms with Gasteiger partial charge < -0.3 is 16.8 Å². The van der Waals surface area contributed by atoms with E-state index < -0.39 is 0 Å². The summed E-state index contributed by atoms with van der Waals surface area (Å²) in [5, 5.41) is 4.52. The van der Waals surface area contributed by atoms with Crippen LogP contribution in [0.3, 0.4) is 0 Å². The smallest absolute Gasteiger partial charge is 0.236 e. The lowest BCUT2D eigenvalue weighted by Crippen LogP contribution is -2.32. The number of rotatable bonds is 4. The van der Waals surface area contributed by atoms with Crippen molar-refractivity contribution in [2.45, 2.75) is 25.4 Å². The number of aromatic nitrogens is 3. The van der Waals surface area contributed by atoms with E-state index in [1.165, 1.54) is 12.1 Å². The van der Waals surface area contributed by atoms with Gasteiger partial charge in [0.2, 0.25) is 5.95 Å². The predicted molar refractivity (Wildman–Crippen MR) is 116 cm³/mol. The molecule has 5 N–H and O–H groups in total. The van der Waals surface area contributed by atoms with Gasteiger partial charge >= 0.3 is 0 Å². The number of nitrogen functional groups attached to an aromatic ring is 1. The summed E-state index contributed by atoms with van der Waals surface area (Å²) in [7, 11) is 0. The van der Waals surface area contributed by atoms with Gasteiger partial charge in [0.15, 0.2) is 0 Å². The van der Waals surface area contributed by atoms with Crippen LogP contribution in [0.5, 0.6) is 0 Å². The molecule has 1 unspecified atom stereocenters. The lowest BCUT2D eigenvalue weighted by atomic mass is 9.88. The minimum absolute atomic E-state index is 0.128. The van der Waals surface area contributed by atoms with Crippen LogP contribution in [0.15, 0.2) is 54.6 Å². The Kier molecular flexibility index (Phi) is 4.69. The Morgan fingerprint density at radius 2 is 1.90 bits per heavy atom. The SMILES string of the molecule is NCc1cc2ccccc2n1-c1nc(N)c2c(n1)CNCC2Cc1ccc(F)cc1. The van der Waals surface area contributed by atoms with Crippen LogP contribution >= 0.6 is 0 Å². The molecule has 0 aliphatic carbocycles. The van der Waals surface area contributed by atoms with Gasteiger partial charge in [0.25, 0.3) is 0 Å². The van der Waals surface area contributed by atoms with Gasteiger partial charge in [0, 0.05) is 42.2 Å². The molecule has 152 valence electrons. The zero-order chi connectivity index (χ0) is 20.7. The number of hydrogen-bond acceptors (Lipinski definition) is 5. The molecule has 1 aliphatic rings. The summed E-state index contributed by atoms with van der Waals surface area (Å²) in [4.78, 5) is 9.56. The van der Waals surface area contributed by atoms with Crippen LogP contribution in [-0.2, 0) is 19.5 Å². The van der Waals surface area contributed by atoms with E-state index in [2.05, 4.69) is 16.4 Å². The Hall–Kier alpha value is -3.29. The number of anilines is 1. The number of nitrogens with two attached hydrogens (primary N) is 2. The van der Waals surface area contributed by atoms with Gasteiger partial charge in [-0.15, -0.1) is 0 Å². The van der Waals surface area contributed by atoms with Gasteiger partial charge in [-0.05, 0) is 36.2 Å². The number of hydrogen-bond donors (Lipinski definition) is 3. The second kappa shape index (κ2) is 7.51. The van der Waals surface area contributed by atoms with Crippen molar-refractivity contribution in [3.05, 3.63) is 82.9 Å². The maximum Gasteiger partial charge on any atom is 0.236 e. The fourth-order valence-corrected chi connectivity index (χ4v) is 4.35. The second-order valence-corrected chi connectivity index (χ2v) is 7.66. The Bertz CT molecular complexity index is 1210. The van der Waals surface area contributed by atoms with Gasteiger partial charge in [0.1, 0.15) is 11.6 Å². The number of benzene rings is 2. The van der Waals surface area contributed by atoms with E-state index in [0.29, 0.717) is 24.9 Å². The first-order chi connectivity index (χ1) is 14.6. The van der Waals surface area contributed by atoms with Crippen molar-refractivity contribution in [2.24, 2.45) is 5.73 Å². The first-order valence-electron chi connectivity index (χ1n) is 10.1. The number of halogens is 1. The molecule has 1 aliphatic heterocycles. The van der Waals surface area contributed by atoms with Crippen molar-refractivity contribution in [3.63, 3.8) is 0 Å². The highest BCUT2D eigenvalue weighted by atomic mass is 19.1. The molecule has 5 rings (SSSR count). The van der Waals surface area contributed by atoms with Gasteiger partial charge in [-0.3, -0.25) is 4.57 Å². The molecule has 0 radical (unpaired) electrons. The van der Waals surface area contributed by atoms with Crippen LogP contribution in [0, 0.1) is 5.82 Å². The second-order valence-electron chi connectivity index (χ2n) is 7.66. The van der Waals surface area contributed by atoms with E-state index in [4.69, 9.17) is 16.5 Å². The molecule has 2 aromatic heterocycles. The normalized spacial score (nSPS) is 16.0. The predicted octanol–water partition coefficient (Wildman–Crippen LogP) is 3.03. The molecule has 0 saturated carbocycles. The van der Waals surface area contributed by atoms with Crippen LogP contribution in [-0.4, -0.2) is 21.1 Å². The Balaban J connectivity index is 1.57. The number of nitrogens with one attached hydrogen (secondary N) is 1. The lowest BCUT2D eigenvalue weighted by molar-refractivity contribution is 0.526. The molecular weight excluding hydrogens is 379 g/mol. The summed E-state index contributed by atoms with van der Waals surface area (Å²) in [5.74, 6) is 0.924. The molecular formula is C23H23FN6. The molecule has 30 heavy (non-hydrogen) atoms. The van der Waals surface area contributed by atoms with Crippen molar-refractivity contribution < 1.29 is 4.39 Å². The van der Waals surface area contributed by atoms with Crippen LogP contribution in [0.25, 0.3) is 16.9 Å². The van der Waals surface area contributed by atoms with Crippen LogP contribution in [0.2, 0.25) is 0 Å². The van der Waals surface area contributed by atoms with Gasteiger partial charge in [-0.1, -0.05) is 30.3 Å². The summed E-state index contributed by atoms with van der Waals surface area (Å²) in [6.45, 7) is 1.78. The molecule has 0 fully saturated rings. The van der Waals surface area contributed by atoms with Gasteiger partial charge in [0.05, 0.1) is 11.2 Å². The first-order valence-corrected chi connectivity index (χ1v) is 10.1. The molecule has 2 aromatic carbocycles. The average Bonchev–Trinajstić information content (AvgIpc) is 3.14. The minimum atomic E-state index is -0.233. The van der Waals surface area contributed by atoms with Crippen molar-refractivity contribution in [1.82, 2.24) is 19.9 Å². The topological polar surface area (TPSA) is 94.8 Å². The maximum absolute atomic E-state index is 13.3. The highest BCUT2D eigenvalue weighted by Gasteiger charge is 2.26. The monoisotopic (exact) mass is 402 g/mol. The van der Waals surface area contributed by atoms with Gasteiger partial charge in [-0.25, -0.2) is 9.37 Å². The molecule has 0 spiro atoms. The van der Waals surface area contributed by atoms with Crippen molar-refractivity contribution >= 4 is 16.7 Å². The number of fused-ring (bicyclic) bond motifs is 2. The average molecular weight is 402 g/mol. The molecule has 3 heterocycles. The summed E-state index contributed by atoms with van der Waals surface area (Å²) >= 11 is 0. The van der Waals surface area contributed by atoms with Crippen molar-refractivity contribution in [1.29, 1.82) is 0 Å². The van der Waals surface area contributed by atoms with E-state index in [0.717, 1.165) is 46.4 Å². The minimum Gasteiger partial charge on any atom is -0.383 e. The van der Waals surface area contributed by atoms with E-state index in [9.17, 15) is 4.39 Å². The summed E-state index contributed by atoms with van der Waals surface area (Å²) in [5.41, 5.74) is 17.3. The van der Waals surface area contributed by atoms with Crippen molar-refractivity contribution in [2.75, 3.05) is 12.3 Å². The molecule has 0 amide bonds. The molecule has 1 atom stereocenters. The third-order valence-corrected chi connectivity index (χ3v) is 5.73. The highest BCUT2D eigenvalue weighted by molar-refractivity contribution is 5.82. The van der Waals surface area contributed by atoms with Crippen molar-refractivity contribution in [3.8, 4) is 5.95 Å². The number of nitrogens with zero attached hydrogens (tertiary/aromatic N) is 3. The summed E-state index contributed by atoms with van der Waals surface area (Å²) < 4.78 is 15.2. The van der Waals surface area contributed by atoms with Crippen LogP contribution in [0.1, 0.15) is 28.4 Å². The molecule has 0 bridgehead atoms. The third-order valence-electron chi connectivity index (χ3n) is 5.73. The fraction of sp³-hybridized carbons (Fsp3) is 0.217. The van der Waals surface area contributed by atoms with E-state index in [1.807, 2.05) is 41.0 Å². The molecule has 4 aromatic rings. The van der Waals surface area contributed by atoms with E-state index in [-0.39, 0.29) is 11.7 Å². The quantitative estimate of drug-likeness (QED) is 0.488. The summed E-state index contributed by atoms with van der Waals surface area (Å²) in [6, 6.07) is 16.7. The zero-order valence-electron chi connectivity index (χ0n) is 16.5. The maximum atomic E-state index is 13.3. The van der Waals surface area contributed by atoms with E-state index >= 15 is 0 Å². The van der Waals surface area contributed by atoms with Crippen LogP contribution < -0.4 is 16.8 Å². The Morgan fingerprint density at radius 1 is 1.10 bits per heavy atom.